The molecule has 0 amide bonds. The highest BCUT2D eigenvalue weighted by atomic mass is 19.1. The Morgan fingerprint density at radius 3 is 2.36 bits per heavy atom. The third-order valence-electron chi connectivity index (χ3n) is 1.70. The maximum Gasteiger partial charge on any atom is 0.134 e. The Labute approximate surface area is 80.8 Å². The van der Waals surface area contributed by atoms with Crippen LogP contribution in [0.25, 0.3) is 0 Å². The number of rotatable bonds is 4. The van der Waals surface area contributed by atoms with Crippen molar-refractivity contribution < 1.29 is 13.5 Å². The molecule has 78 valence electrons. The van der Waals surface area contributed by atoms with Crippen molar-refractivity contribution in [3.63, 3.8) is 0 Å². The van der Waals surface area contributed by atoms with Crippen molar-refractivity contribution in [3.8, 4) is 5.75 Å². The molecule has 3 N–H and O–H groups in total. The van der Waals surface area contributed by atoms with Gasteiger partial charge in [0.15, 0.2) is 0 Å². The van der Waals surface area contributed by atoms with Crippen molar-refractivity contribution in [3.05, 3.63) is 29.3 Å². The number of hydrogen-bond acceptors (Lipinski definition) is 3. The molecule has 0 unspecified atom stereocenters. The average molecular weight is 202 g/mol. The molecule has 3 nitrogen and oxygen atoms in total. The molecule has 0 spiro atoms. The van der Waals surface area contributed by atoms with Crippen LogP contribution in [0.15, 0.2) is 12.1 Å². The van der Waals surface area contributed by atoms with Crippen LogP contribution in [0, 0.1) is 11.6 Å². The van der Waals surface area contributed by atoms with Gasteiger partial charge in [0, 0.05) is 24.2 Å². The molecule has 1 aromatic carbocycles. The van der Waals surface area contributed by atoms with E-state index in [0.717, 1.165) is 12.1 Å². The Morgan fingerprint density at radius 1 is 1.36 bits per heavy atom. The van der Waals surface area contributed by atoms with E-state index in [4.69, 9.17) is 10.6 Å². The Morgan fingerprint density at radius 2 is 1.93 bits per heavy atom. The van der Waals surface area contributed by atoms with E-state index >= 15 is 0 Å². The first-order valence-electron chi connectivity index (χ1n) is 4.23. The van der Waals surface area contributed by atoms with E-state index in [1.165, 1.54) is 0 Å². The summed E-state index contributed by atoms with van der Waals surface area (Å²) in [4.78, 5) is 0. The topological polar surface area (TPSA) is 47.3 Å². The van der Waals surface area contributed by atoms with Gasteiger partial charge in [-0.15, -0.1) is 0 Å². The fourth-order valence-electron chi connectivity index (χ4n) is 1.10. The van der Waals surface area contributed by atoms with E-state index in [-0.39, 0.29) is 17.9 Å². The number of hydrogen-bond donors (Lipinski definition) is 2. The number of nitrogens with two attached hydrogens (primary N) is 1. The molecular weight excluding hydrogens is 190 g/mol. The van der Waals surface area contributed by atoms with Crippen LogP contribution >= 0.6 is 0 Å². The molecular formula is C9H12F2N2O. The Bertz CT molecular complexity index is 295. The number of benzene rings is 1. The van der Waals surface area contributed by atoms with Gasteiger partial charge in [0.05, 0.1) is 6.61 Å². The maximum absolute atomic E-state index is 13.2. The third kappa shape index (κ3) is 2.40. The Kier molecular flexibility index (Phi) is 3.79. The maximum atomic E-state index is 13.2. The standard InChI is InChI=1S/C9H12F2N2O/c1-2-14-6-3-8(10)7(5-13-12)9(11)4-6/h3-4,13H,2,5,12H2,1H3. The van der Waals surface area contributed by atoms with Crippen LogP contribution in [0.4, 0.5) is 8.78 Å². The Balaban J connectivity index is 2.98. The first kappa shape index (κ1) is 10.9. The van der Waals surface area contributed by atoms with Crippen LogP contribution in [-0.2, 0) is 6.54 Å². The largest absolute Gasteiger partial charge is 0.494 e. The zero-order chi connectivity index (χ0) is 10.6. The molecule has 0 heterocycles. The van der Waals surface area contributed by atoms with Gasteiger partial charge in [-0.3, -0.25) is 11.3 Å². The SMILES string of the molecule is CCOc1cc(F)c(CNN)c(F)c1. The molecule has 1 rings (SSSR count). The van der Waals surface area contributed by atoms with Gasteiger partial charge in [-0.05, 0) is 6.92 Å². The highest BCUT2D eigenvalue weighted by Gasteiger charge is 2.10. The van der Waals surface area contributed by atoms with E-state index in [2.05, 4.69) is 5.43 Å². The summed E-state index contributed by atoms with van der Waals surface area (Å²) >= 11 is 0. The molecule has 0 fully saturated rings. The lowest BCUT2D eigenvalue weighted by Gasteiger charge is -2.07. The predicted octanol–water partition coefficient (Wildman–Crippen LogP) is 1.33. The minimum atomic E-state index is -0.661. The number of nitrogens with one attached hydrogen (secondary N) is 1. The minimum absolute atomic E-state index is 0.0515. The molecule has 0 atom stereocenters. The molecule has 0 aliphatic carbocycles. The van der Waals surface area contributed by atoms with Crippen LogP contribution in [0.1, 0.15) is 12.5 Å². The van der Waals surface area contributed by atoms with Crippen molar-refractivity contribution in [1.29, 1.82) is 0 Å². The fraction of sp³-hybridized carbons (Fsp3) is 0.333. The van der Waals surface area contributed by atoms with E-state index in [1.54, 1.807) is 6.92 Å². The van der Waals surface area contributed by atoms with Gasteiger partial charge in [0.25, 0.3) is 0 Å². The van der Waals surface area contributed by atoms with Crippen molar-refractivity contribution >= 4 is 0 Å². The highest BCUT2D eigenvalue weighted by molar-refractivity contribution is 5.30. The number of hydrazine groups is 1. The van der Waals surface area contributed by atoms with Crippen molar-refractivity contribution in [2.24, 2.45) is 5.84 Å². The third-order valence-corrected chi connectivity index (χ3v) is 1.70. The summed E-state index contributed by atoms with van der Waals surface area (Å²) in [6.07, 6.45) is 0. The lowest BCUT2D eigenvalue weighted by molar-refractivity contribution is 0.335. The van der Waals surface area contributed by atoms with Gasteiger partial charge in [-0.2, -0.15) is 0 Å². The van der Waals surface area contributed by atoms with E-state index in [0.29, 0.717) is 6.61 Å². The summed E-state index contributed by atoms with van der Waals surface area (Å²) in [5.74, 6) is 3.84. The minimum Gasteiger partial charge on any atom is -0.494 e. The van der Waals surface area contributed by atoms with Gasteiger partial charge in [-0.1, -0.05) is 0 Å². The van der Waals surface area contributed by atoms with E-state index < -0.39 is 11.6 Å². The monoisotopic (exact) mass is 202 g/mol. The second-order valence-electron chi connectivity index (χ2n) is 2.68. The van der Waals surface area contributed by atoms with Gasteiger partial charge in [-0.25, -0.2) is 8.78 Å². The predicted molar refractivity (Wildman–Crippen MR) is 48.6 cm³/mol. The molecule has 14 heavy (non-hydrogen) atoms. The second-order valence-corrected chi connectivity index (χ2v) is 2.68. The summed E-state index contributed by atoms with van der Waals surface area (Å²) < 4.78 is 31.4. The first-order valence-corrected chi connectivity index (χ1v) is 4.23. The van der Waals surface area contributed by atoms with E-state index in [9.17, 15) is 8.78 Å². The average Bonchev–Trinajstić information content (AvgIpc) is 2.12. The first-order chi connectivity index (χ1) is 6.69. The van der Waals surface area contributed by atoms with Gasteiger partial charge < -0.3 is 4.74 Å². The fourth-order valence-corrected chi connectivity index (χ4v) is 1.10. The van der Waals surface area contributed by atoms with Gasteiger partial charge in [0.1, 0.15) is 17.4 Å². The lowest BCUT2D eigenvalue weighted by Crippen LogP contribution is -2.22. The second kappa shape index (κ2) is 4.88. The van der Waals surface area contributed by atoms with Crippen molar-refractivity contribution in [2.75, 3.05) is 6.61 Å². The van der Waals surface area contributed by atoms with E-state index in [1.807, 2.05) is 0 Å². The molecule has 0 aliphatic heterocycles. The van der Waals surface area contributed by atoms with Crippen molar-refractivity contribution in [1.82, 2.24) is 5.43 Å². The summed E-state index contributed by atoms with van der Waals surface area (Å²) in [7, 11) is 0. The highest BCUT2D eigenvalue weighted by Crippen LogP contribution is 2.20. The molecule has 0 saturated carbocycles. The summed E-state index contributed by atoms with van der Waals surface area (Å²) in [5, 5.41) is 0. The summed E-state index contributed by atoms with van der Waals surface area (Å²) in [5.41, 5.74) is 2.11. The zero-order valence-corrected chi connectivity index (χ0v) is 7.81. The normalized spacial score (nSPS) is 10.3. The lowest BCUT2D eigenvalue weighted by atomic mass is 10.2. The molecule has 5 heteroatoms. The Hall–Kier alpha value is -1.20. The molecule has 0 bridgehead atoms. The van der Waals surface area contributed by atoms with Crippen LogP contribution < -0.4 is 16.0 Å². The van der Waals surface area contributed by atoms with Crippen molar-refractivity contribution in [2.45, 2.75) is 13.5 Å². The van der Waals surface area contributed by atoms with Crippen LogP contribution in [0.2, 0.25) is 0 Å². The van der Waals surface area contributed by atoms with Gasteiger partial charge in [0.2, 0.25) is 0 Å². The molecule has 0 aliphatic rings. The van der Waals surface area contributed by atoms with Gasteiger partial charge >= 0.3 is 0 Å². The smallest absolute Gasteiger partial charge is 0.134 e. The molecule has 0 aromatic heterocycles. The quantitative estimate of drug-likeness (QED) is 0.572. The van der Waals surface area contributed by atoms with Crippen LogP contribution in [0.3, 0.4) is 0 Å². The molecule has 0 saturated heterocycles. The number of ether oxygens (including phenoxy) is 1. The summed E-state index contributed by atoms with van der Waals surface area (Å²) in [6.45, 7) is 2.06. The van der Waals surface area contributed by atoms with Crippen LogP contribution in [-0.4, -0.2) is 6.61 Å². The molecule has 1 aromatic rings. The summed E-state index contributed by atoms with van der Waals surface area (Å²) in [6, 6.07) is 2.28. The molecule has 0 radical (unpaired) electrons. The number of halogens is 2. The zero-order valence-electron chi connectivity index (χ0n) is 7.81. The van der Waals surface area contributed by atoms with Crippen LogP contribution in [0.5, 0.6) is 5.75 Å².